The molecule has 1 heterocycles. The first-order valence-corrected chi connectivity index (χ1v) is 6.38. The summed E-state index contributed by atoms with van der Waals surface area (Å²) in [6.45, 7) is 0.201. The monoisotopic (exact) mass is 292 g/mol. The van der Waals surface area contributed by atoms with Gasteiger partial charge in [0.1, 0.15) is 0 Å². The van der Waals surface area contributed by atoms with E-state index in [2.05, 4.69) is 15.0 Å². The van der Waals surface area contributed by atoms with Crippen LogP contribution in [0.4, 0.5) is 0 Å². The average Bonchev–Trinajstić information content (AvgIpc) is 2.46. The quantitative estimate of drug-likeness (QED) is 0.877. The summed E-state index contributed by atoms with van der Waals surface area (Å²) in [6, 6.07) is 5.35. The van der Waals surface area contributed by atoms with Crippen LogP contribution >= 0.6 is 11.6 Å². The molecule has 1 amide bonds. The fraction of sp³-hybridized carbons (Fsp3) is 0.214. The van der Waals surface area contributed by atoms with Gasteiger partial charge in [-0.15, -0.1) is 0 Å². The number of rotatable bonds is 4. The molecular formula is C14H13ClN2O3. The van der Waals surface area contributed by atoms with E-state index in [0.29, 0.717) is 16.0 Å². The van der Waals surface area contributed by atoms with Gasteiger partial charge in [0, 0.05) is 34.7 Å². The van der Waals surface area contributed by atoms with Crippen molar-refractivity contribution in [3.63, 3.8) is 0 Å². The number of carbonyl (C=O) groups excluding carboxylic acids is 2. The summed E-state index contributed by atoms with van der Waals surface area (Å²) in [5.41, 5.74) is 0.387. The van der Waals surface area contributed by atoms with Crippen molar-refractivity contribution in [2.45, 2.75) is 6.42 Å². The number of hydrogen-bond donors (Lipinski definition) is 1. The van der Waals surface area contributed by atoms with Gasteiger partial charge in [0.2, 0.25) is 0 Å². The Labute approximate surface area is 120 Å². The third-order valence-corrected chi connectivity index (χ3v) is 3.13. The molecule has 0 radical (unpaired) electrons. The maximum atomic E-state index is 12.1. The Balaban J connectivity index is 2.20. The molecule has 0 unspecified atom stereocenters. The van der Waals surface area contributed by atoms with Crippen LogP contribution in [0.15, 0.2) is 30.6 Å². The van der Waals surface area contributed by atoms with Crippen molar-refractivity contribution in [2.24, 2.45) is 0 Å². The molecule has 0 atom stereocenters. The van der Waals surface area contributed by atoms with Gasteiger partial charge in [-0.1, -0.05) is 23.7 Å². The Morgan fingerprint density at radius 1 is 1.35 bits per heavy atom. The van der Waals surface area contributed by atoms with Crippen LogP contribution in [0.3, 0.4) is 0 Å². The van der Waals surface area contributed by atoms with Gasteiger partial charge in [0.15, 0.2) is 0 Å². The summed E-state index contributed by atoms with van der Waals surface area (Å²) in [4.78, 5) is 27.1. The van der Waals surface area contributed by atoms with E-state index in [1.807, 2.05) is 6.07 Å². The Morgan fingerprint density at radius 2 is 2.15 bits per heavy atom. The first-order chi connectivity index (χ1) is 9.63. The Hall–Kier alpha value is -2.14. The lowest BCUT2D eigenvalue weighted by Gasteiger charge is -2.08. The number of nitrogens with one attached hydrogen (secondary N) is 1. The first-order valence-electron chi connectivity index (χ1n) is 6.00. The van der Waals surface area contributed by atoms with Crippen LogP contribution in [0.5, 0.6) is 0 Å². The SMILES string of the molecule is COC(=O)CCNC(=O)c1cncc2cccc(Cl)c12. The van der Waals surface area contributed by atoms with Crippen LogP contribution in [-0.4, -0.2) is 30.5 Å². The number of hydrogen-bond acceptors (Lipinski definition) is 4. The van der Waals surface area contributed by atoms with Crippen molar-refractivity contribution in [1.82, 2.24) is 10.3 Å². The molecule has 0 spiro atoms. The van der Waals surface area contributed by atoms with Crippen LogP contribution in [0.1, 0.15) is 16.8 Å². The molecule has 0 fully saturated rings. The van der Waals surface area contributed by atoms with Gasteiger partial charge in [-0.05, 0) is 6.07 Å². The second-order valence-corrected chi connectivity index (χ2v) is 4.51. The summed E-state index contributed by atoms with van der Waals surface area (Å²) < 4.78 is 4.50. The van der Waals surface area contributed by atoms with Gasteiger partial charge in [-0.3, -0.25) is 14.6 Å². The topological polar surface area (TPSA) is 68.3 Å². The summed E-state index contributed by atoms with van der Waals surface area (Å²) in [5, 5.41) is 4.58. The third kappa shape index (κ3) is 3.05. The van der Waals surface area contributed by atoms with E-state index >= 15 is 0 Å². The smallest absolute Gasteiger partial charge is 0.307 e. The number of fused-ring (bicyclic) bond motifs is 1. The molecule has 20 heavy (non-hydrogen) atoms. The van der Waals surface area contributed by atoms with Crippen molar-refractivity contribution in [1.29, 1.82) is 0 Å². The molecule has 0 aliphatic carbocycles. The minimum Gasteiger partial charge on any atom is -0.469 e. The second kappa shape index (κ2) is 6.34. The lowest BCUT2D eigenvalue weighted by Crippen LogP contribution is -2.26. The summed E-state index contributed by atoms with van der Waals surface area (Å²) in [6.07, 6.45) is 3.22. The van der Waals surface area contributed by atoms with Crippen LogP contribution in [0.25, 0.3) is 10.8 Å². The van der Waals surface area contributed by atoms with Crippen molar-refractivity contribution >= 4 is 34.2 Å². The zero-order valence-electron chi connectivity index (χ0n) is 10.9. The largest absolute Gasteiger partial charge is 0.469 e. The van der Waals surface area contributed by atoms with Gasteiger partial charge in [0.05, 0.1) is 19.1 Å². The molecule has 1 aromatic heterocycles. The van der Waals surface area contributed by atoms with Crippen LogP contribution in [0.2, 0.25) is 5.02 Å². The minimum absolute atomic E-state index is 0.119. The molecule has 0 saturated heterocycles. The molecule has 104 valence electrons. The molecule has 2 rings (SSSR count). The number of pyridine rings is 1. The molecule has 1 aromatic carbocycles. The molecule has 0 aliphatic rings. The number of nitrogens with zero attached hydrogens (tertiary/aromatic N) is 1. The highest BCUT2D eigenvalue weighted by Gasteiger charge is 2.13. The zero-order chi connectivity index (χ0) is 14.5. The van der Waals surface area contributed by atoms with Gasteiger partial charge >= 0.3 is 5.97 Å². The molecule has 5 nitrogen and oxygen atoms in total. The highest BCUT2D eigenvalue weighted by Crippen LogP contribution is 2.25. The molecular weight excluding hydrogens is 280 g/mol. The lowest BCUT2D eigenvalue weighted by molar-refractivity contribution is -0.140. The van der Waals surface area contributed by atoms with Crippen molar-refractivity contribution in [2.75, 3.05) is 13.7 Å². The van der Waals surface area contributed by atoms with Crippen LogP contribution in [0, 0.1) is 0 Å². The number of ether oxygens (including phenoxy) is 1. The van der Waals surface area contributed by atoms with Crippen molar-refractivity contribution in [3.8, 4) is 0 Å². The number of methoxy groups -OCH3 is 1. The standard InChI is InChI=1S/C14H13ClN2O3/c1-20-12(18)5-6-17-14(19)10-8-16-7-9-3-2-4-11(15)13(9)10/h2-4,7-8H,5-6H2,1H3,(H,17,19). The van der Waals surface area contributed by atoms with Gasteiger partial charge in [0.25, 0.3) is 5.91 Å². The van der Waals surface area contributed by atoms with Crippen LogP contribution < -0.4 is 5.32 Å². The van der Waals surface area contributed by atoms with Gasteiger partial charge in [-0.2, -0.15) is 0 Å². The van der Waals surface area contributed by atoms with Gasteiger partial charge < -0.3 is 10.1 Å². The Bertz CT molecular complexity index is 653. The van der Waals surface area contributed by atoms with Crippen molar-refractivity contribution in [3.05, 3.63) is 41.2 Å². The van der Waals surface area contributed by atoms with E-state index in [0.717, 1.165) is 5.39 Å². The van der Waals surface area contributed by atoms with E-state index in [1.54, 1.807) is 18.3 Å². The zero-order valence-corrected chi connectivity index (χ0v) is 11.6. The number of benzene rings is 1. The van der Waals surface area contributed by atoms with Crippen LogP contribution in [-0.2, 0) is 9.53 Å². The number of esters is 1. The average molecular weight is 293 g/mol. The van der Waals surface area contributed by atoms with E-state index in [-0.39, 0.29) is 24.8 Å². The predicted molar refractivity (Wildman–Crippen MR) is 75.7 cm³/mol. The maximum Gasteiger partial charge on any atom is 0.307 e. The maximum absolute atomic E-state index is 12.1. The minimum atomic E-state index is -0.376. The summed E-state index contributed by atoms with van der Waals surface area (Å²) in [7, 11) is 1.30. The Kier molecular flexibility index (Phi) is 4.53. The molecule has 6 heteroatoms. The highest BCUT2D eigenvalue weighted by atomic mass is 35.5. The van der Waals surface area contributed by atoms with E-state index in [4.69, 9.17) is 11.6 Å². The lowest BCUT2D eigenvalue weighted by atomic mass is 10.1. The Morgan fingerprint density at radius 3 is 2.90 bits per heavy atom. The predicted octanol–water partition coefficient (Wildman–Crippen LogP) is 2.18. The molecule has 0 aliphatic heterocycles. The molecule has 2 aromatic rings. The summed E-state index contributed by atoms with van der Waals surface area (Å²) in [5.74, 6) is -0.695. The summed E-state index contributed by atoms with van der Waals surface area (Å²) >= 11 is 6.13. The number of carbonyl (C=O) groups is 2. The number of amides is 1. The van der Waals surface area contributed by atoms with Crippen molar-refractivity contribution < 1.29 is 14.3 Å². The molecule has 0 bridgehead atoms. The molecule has 1 N–H and O–H groups in total. The fourth-order valence-corrected chi connectivity index (χ4v) is 2.12. The van der Waals surface area contributed by atoms with E-state index in [9.17, 15) is 9.59 Å². The normalized spacial score (nSPS) is 10.3. The molecule has 0 saturated carbocycles. The first kappa shape index (κ1) is 14.3. The van der Waals surface area contributed by atoms with E-state index in [1.165, 1.54) is 13.3 Å². The van der Waals surface area contributed by atoms with Gasteiger partial charge in [-0.25, -0.2) is 0 Å². The second-order valence-electron chi connectivity index (χ2n) is 4.11. The van der Waals surface area contributed by atoms with E-state index < -0.39 is 0 Å². The number of aromatic nitrogens is 1. The fourth-order valence-electron chi connectivity index (χ4n) is 1.84. The third-order valence-electron chi connectivity index (χ3n) is 2.82. The number of halogens is 1. The highest BCUT2D eigenvalue weighted by molar-refractivity contribution is 6.36.